The van der Waals surface area contributed by atoms with Crippen LogP contribution in [0.2, 0.25) is 0 Å². The maximum absolute atomic E-state index is 11.8. The van der Waals surface area contributed by atoms with Gasteiger partial charge in [-0.2, -0.15) is 0 Å². The highest BCUT2D eigenvalue weighted by Crippen LogP contribution is 2.09. The second-order valence-electron chi connectivity index (χ2n) is 4.27. The van der Waals surface area contributed by atoms with Crippen molar-refractivity contribution >= 4 is 27.7 Å². The Bertz CT molecular complexity index is 632. The summed E-state index contributed by atoms with van der Waals surface area (Å²) in [4.78, 5) is 27.5. The van der Waals surface area contributed by atoms with Crippen LogP contribution in [0.4, 0.5) is 0 Å². The summed E-state index contributed by atoms with van der Waals surface area (Å²) >= 11 is 3.26. The Morgan fingerprint density at radius 3 is 2.19 bits per heavy atom. The predicted molar refractivity (Wildman–Crippen MR) is 83.0 cm³/mol. The van der Waals surface area contributed by atoms with Gasteiger partial charge in [-0.3, -0.25) is 14.6 Å². The fraction of sp³-hybridized carbons (Fsp3) is 0.133. The van der Waals surface area contributed by atoms with E-state index in [0.717, 1.165) is 4.47 Å². The Balaban J connectivity index is 1.75. The summed E-state index contributed by atoms with van der Waals surface area (Å²) in [7, 11) is 0. The molecule has 0 spiro atoms. The van der Waals surface area contributed by atoms with Gasteiger partial charge in [0.25, 0.3) is 11.8 Å². The van der Waals surface area contributed by atoms with E-state index in [4.69, 9.17) is 0 Å². The van der Waals surface area contributed by atoms with Crippen molar-refractivity contribution in [2.24, 2.45) is 0 Å². The van der Waals surface area contributed by atoms with E-state index < -0.39 is 0 Å². The van der Waals surface area contributed by atoms with E-state index in [1.807, 2.05) is 6.07 Å². The van der Waals surface area contributed by atoms with Gasteiger partial charge in [0.1, 0.15) is 0 Å². The zero-order valence-electron chi connectivity index (χ0n) is 11.2. The van der Waals surface area contributed by atoms with Crippen molar-refractivity contribution < 1.29 is 9.59 Å². The van der Waals surface area contributed by atoms with Crippen LogP contribution in [0, 0.1) is 0 Å². The number of halogens is 1. The molecule has 0 fully saturated rings. The van der Waals surface area contributed by atoms with Gasteiger partial charge < -0.3 is 10.6 Å². The summed E-state index contributed by atoms with van der Waals surface area (Å²) in [6.45, 7) is 0.713. The Morgan fingerprint density at radius 2 is 1.57 bits per heavy atom. The maximum Gasteiger partial charge on any atom is 0.252 e. The third kappa shape index (κ3) is 4.68. The van der Waals surface area contributed by atoms with E-state index >= 15 is 0 Å². The van der Waals surface area contributed by atoms with Gasteiger partial charge in [-0.05, 0) is 34.1 Å². The molecule has 21 heavy (non-hydrogen) atoms. The summed E-state index contributed by atoms with van der Waals surface area (Å²) in [6, 6.07) is 10.6. The number of pyridine rings is 1. The molecule has 1 heterocycles. The highest BCUT2D eigenvalue weighted by atomic mass is 79.9. The molecule has 1 aromatic carbocycles. The van der Waals surface area contributed by atoms with Crippen LogP contribution >= 0.6 is 15.9 Å². The minimum Gasteiger partial charge on any atom is -0.350 e. The Hall–Kier alpha value is -2.21. The Kier molecular flexibility index (Phi) is 5.45. The molecule has 108 valence electrons. The fourth-order valence-electron chi connectivity index (χ4n) is 1.68. The number of benzene rings is 1. The highest BCUT2D eigenvalue weighted by molar-refractivity contribution is 9.10. The van der Waals surface area contributed by atoms with Gasteiger partial charge in [-0.15, -0.1) is 0 Å². The first-order valence-electron chi connectivity index (χ1n) is 6.39. The monoisotopic (exact) mass is 347 g/mol. The molecule has 6 heteroatoms. The topological polar surface area (TPSA) is 71.1 Å². The third-order valence-corrected chi connectivity index (χ3v) is 3.13. The van der Waals surface area contributed by atoms with Crippen molar-refractivity contribution in [2.75, 3.05) is 13.1 Å². The zero-order valence-corrected chi connectivity index (χ0v) is 12.8. The van der Waals surface area contributed by atoms with Gasteiger partial charge in [-0.25, -0.2) is 0 Å². The molecule has 0 radical (unpaired) electrons. The van der Waals surface area contributed by atoms with Gasteiger partial charge in [0.2, 0.25) is 0 Å². The molecule has 0 aliphatic heterocycles. The first kappa shape index (κ1) is 15.2. The molecule has 0 unspecified atom stereocenters. The van der Waals surface area contributed by atoms with E-state index in [2.05, 4.69) is 31.5 Å². The minimum atomic E-state index is -0.224. The van der Waals surface area contributed by atoms with Gasteiger partial charge >= 0.3 is 0 Å². The predicted octanol–water partition coefficient (Wildman–Crippen LogP) is 2.00. The lowest BCUT2D eigenvalue weighted by Gasteiger charge is -2.07. The van der Waals surface area contributed by atoms with Crippen LogP contribution in [-0.2, 0) is 0 Å². The molecule has 2 amide bonds. The summed E-state index contributed by atoms with van der Waals surface area (Å²) in [5.74, 6) is -0.383. The highest BCUT2D eigenvalue weighted by Gasteiger charge is 2.07. The lowest BCUT2D eigenvalue weighted by Crippen LogP contribution is -2.34. The zero-order chi connectivity index (χ0) is 15.1. The molecule has 0 saturated carbocycles. The van der Waals surface area contributed by atoms with E-state index in [1.54, 1.807) is 36.5 Å². The first-order chi connectivity index (χ1) is 10.2. The second kappa shape index (κ2) is 7.54. The molecule has 0 saturated heterocycles. The molecule has 1 aromatic heterocycles. The second-order valence-corrected chi connectivity index (χ2v) is 5.19. The van der Waals surface area contributed by atoms with Gasteiger partial charge in [0, 0.05) is 35.5 Å². The third-order valence-electron chi connectivity index (χ3n) is 2.70. The Morgan fingerprint density at radius 1 is 0.952 bits per heavy atom. The van der Waals surface area contributed by atoms with E-state index in [9.17, 15) is 9.59 Å². The normalized spacial score (nSPS) is 9.95. The van der Waals surface area contributed by atoms with Gasteiger partial charge in [-0.1, -0.05) is 18.2 Å². The molecule has 2 rings (SSSR count). The summed E-state index contributed by atoms with van der Waals surface area (Å²) in [5, 5.41) is 5.46. The molecule has 0 aliphatic carbocycles. The molecular formula is C15H14BrN3O2. The molecule has 2 N–H and O–H groups in total. The van der Waals surface area contributed by atoms with Crippen molar-refractivity contribution in [2.45, 2.75) is 0 Å². The van der Waals surface area contributed by atoms with Gasteiger partial charge in [0.05, 0.1) is 5.56 Å². The van der Waals surface area contributed by atoms with Crippen molar-refractivity contribution in [3.63, 3.8) is 0 Å². The maximum atomic E-state index is 11.8. The number of carbonyl (C=O) groups is 2. The number of rotatable bonds is 5. The number of amides is 2. The average Bonchev–Trinajstić information content (AvgIpc) is 2.52. The van der Waals surface area contributed by atoms with Crippen molar-refractivity contribution in [3.8, 4) is 0 Å². The summed E-state index contributed by atoms with van der Waals surface area (Å²) < 4.78 is 0.743. The summed E-state index contributed by atoms with van der Waals surface area (Å²) in [5.41, 5.74) is 1.07. The molecule has 0 atom stereocenters. The number of nitrogens with one attached hydrogen (secondary N) is 2. The van der Waals surface area contributed by atoms with E-state index in [-0.39, 0.29) is 11.8 Å². The van der Waals surface area contributed by atoms with Gasteiger partial charge in [0.15, 0.2) is 0 Å². The number of carbonyl (C=O) groups excluding carboxylic acids is 2. The largest absolute Gasteiger partial charge is 0.350 e. The number of nitrogens with zero attached hydrogens (tertiary/aromatic N) is 1. The lowest BCUT2D eigenvalue weighted by atomic mass is 10.2. The molecule has 0 aliphatic rings. The number of aromatic nitrogens is 1. The van der Waals surface area contributed by atoms with Crippen LogP contribution in [0.5, 0.6) is 0 Å². The number of hydrogen-bond acceptors (Lipinski definition) is 3. The first-order valence-corrected chi connectivity index (χ1v) is 7.18. The van der Waals surface area contributed by atoms with Crippen LogP contribution in [0.3, 0.4) is 0 Å². The van der Waals surface area contributed by atoms with Crippen molar-refractivity contribution in [1.82, 2.24) is 15.6 Å². The minimum absolute atomic E-state index is 0.158. The van der Waals surface area contributed by atoms with Crippen LogP contribution in [0.1, 0.15) is 20.7 Å². The van der Waals surface area contributed by atoms with Crippen LogP contribution in [0.15, 0.2) is 53.3 Å². The summed E-state index contributed by atoms with van der Waals surface area (Å²) in [6.07, 6.45) is 3.10. The Labute approximate surface area is 130 Å². The molecular weight excluding hydrogens is 334 g/mol. The smallest absolute Gasteiger partial charge is 0.252 e. The van der Waals surface area contributed by atoms with Crippen LogP contribution in [0.25, 0.3) is 0 Å². The molecule has 2 aromatic rings. The SMILES string of the molecule is O=C(NCCNC(=O)c1cncc(Br)c1)c1ccccc1. The standard InChI is InChI=1S/C15H14BrN3O2/c16-13-8-12(9-17-10-13)15(21)19-7-6-18-14(20)11-4-2-1-3-5-11/h1-5,8-10H,6-7H2,(H,18,20)(H,19,21). The van der Waals surface area contributed by atoms with Crippen molar-refractivity contribution in [3.05, 3.63) is 64.4 Å². The number of hydrogen-bond donors (Lipinski definition) is 2. The fourth-order valence-corrected chi connectivity index (χ4v) is 2.05. The van der Waals surface area contributed by atoms with Crippen molar-refractivity contribution in [1.29, 1.82) is 0 Å². The molecule has 5 nitrogen and oxygen atoms in total. The van der Waals surface area contributed by atoms with E-state index in [0.29, 0.717) is 24.2 Å². The molecule has 0 bridgehead atoms. The van der Waals surface area contributed by atoms with Crippen LogP contribution in [-0.4, -0.2) is 29.9 Å². The lowest BCUT2D eigenvalue weighted by molar-refractivity contribution is 0.0927. The van der Waals surface area contributed by atoms with E-state index in [1.165, 1.54) is 6.20 Å². The van der Waals surface area contributed by atoms with Crippen LogP contribution < -0.4 is 10.6 Å². The quantitative estimate of drug-likeness (QED) is 0.812. The average molecular weight is 348 g/mol.